The molecule has 36 heavy (non-hydrogen) atoms. The van der Waals surface area contributed by atoms with E-state index in [0.29, 0.717) is 18.5 Å². The summed E-state index contributed by atoms with van der Waals surface area (Å²) in [6.45, 7) is 4.75. The van der Waals surface area contributed by atoms with Crippen molar-refractivity contribution in [2.75, 3.05) is 13.1 Å². The predicted octanol–water partition coefficient (Wildman–Crippen LogP) is 4.79. The van der Waals surface area contributed by atoms with E-state index in [1.807, 2.05) is 6.92 Å². The number of rotatable bonds is 9. The van der Waals surface area contributed by atoms with Gasteiger partial charge in [0.25, 0.3) is 11.8 Å². The van der Waals surface area contributed by atoms with E-state index in [1.54, 1.807) is 9.47 Å². The van der Waals surface area contributed by atoms with E-state index >= 15 is 0 Å². The molecule has 1 aromatic carbocycles. The largest absolute Gasteiger partial charge is 0.503 e. The maximum atomic E-state index is 14.2. The van der Waals surface area contributed by atoms with Gasteiger partial charge in [-0.15, -0.1) is 0 Å². The van der Waals surface area contributed by atoms with Crippen LogP contribution in [0, 0.1) is 17.0 Å². The van der Waals surface area contributed by atoms with Crippen LogP contribution in [0.4, 0.5) is 8.78 Å². The van der Waals surface area contributed by atoms with Crippen LogP contribution in [0.1, 0.15) is 84.8 Å². The SMILES string of the molecule is CCCN1CC(CCCC2(C)CC2)n2cc(C(=O)NCc3ccc(F)c(Cl)c3F)c(=O)c(O)c2C1=O. The Morgan fingerprint density at radius 3 is 2.67 bits per heavy atom. The van der Waals surface area contributed by atoms with Crippen LogP contribution in [0.25, 0.3) is 0 Å². The van der Waals surface area contributed by atoms with Crippen molar-refractivity contribution in [3.63, 3.8) is 0 Å². The minimum Gasteiger partial charge on any atom is -0.503 e. The van der Waals surface area contributed by atoms with Crippen molar-refractivity contribution in [2.45, 2.75) is 65.0 Å². The van der Waals surface area contributed by atoms with Crippen LogP contribution in [0.5, 0.6) is 5.75 Å². The van der Waals surface area contributed by atoms with E-state index in [9.17, 15) is 28.3 Å². The van der Waals surface area contributed by atoms with Gasteiger partial charge in [-0.2, -0.15) is 0 Å². The van der Waals surface area contributed by atoms with Crippen molar-refractivity contribution in [3.05, 3.63) is 62.0 Å². The number of benzene rings is 1. The fourth-order valence-electron chi connectivity index (χ4n) is 4.75. The highest BCUT2D eigenvalue weighted by atomic mass is 35.5. The fraction of sp³-hybridized carbons (Fsp3) is 0.500. The number of hydrogen-bond acceptors (Lipinski definition) is 4. The molecule has 1 aliphatic carbocycles. The molecule has 2 amide bonds. The van der Waals surface area contributed by atoms with Gasteiger partial charge in [-0.25, -0.2) is 8.78 Å². The Kier molecular flexibility index (Phi) is 7.41. The summed E-state index contributed by atoms with van der Waals surface area (Å²) in [5.74, 6) is -4.01. The van der Waals surface area contributed by atoms with Crippen molar-refractivity contribution in [1.29, 1.82) is 0 Å². The number of hydrogen-bond donors (Lipinski definition) is 2. The summed E-state index contributed by atoms with van der Waals surface area (Å²) in [7, 11) is 0. The minimum absolute atomic E-state index is 0.0612. The number of nitrogens with zero attached hydrogens (tertiary/aromatic N) is 2. The maximum Gasteiger partial charge on any atom is 0.274 e. The normalized spacial score (nSPS) is 18.2. The van der Waals surface area contributed by atoms with Gasteiger partial charge in [-0.05, 0) is 43.6 Å². The standard InChI is InChI=1S/C26H30ClF2N3O4/c1-3-11-31-13-16(5-4-8-26(2)9-10-26)32-14-17(22(33)23(34)21(32)25(31)36)24(35)30-12-15-6-7-18(28)19(27)20(15)29/h6-7,14,16,34H,3-5,8-13H2,1-2H3,(H,30,35). The first-order chi connectivity index (χ1) is 17.1. The molecule has 1 unspecified atom stereocenters. The molecule has 2 aliphatic rings. The minimum atomic E-state index is -1.01. The zero-order valence-corrected chi connectivity index (χ0v) is 21.1. The summed E-state index contributed by atoms with van der Waals surface area (Å²) in [5.41, 5.74) is -1.15. The van der Waals surface area contributed by atoms with Crippen LogP contribution in [0.15, 0.2) is 23.1 Å². The number of aromatic nitrogens is 1. The molecule has 0 spiro atoms. The van der Waals surface area contributed by atoms with Gasteiger partial charge in [0.15, 0.2) is 11.4 Å². The Morgan fingerprint density at radius 1 is 1.28 bits per heavy atom. The molecule has 1 saturated carbocycles. The summed E-state index contributed by atoms with van der Waals surface area (Å²) in [5, 5.41) is 12.5. The number of fused-ring (bicyclic) bond motifs is 1. The van der Waals surface area contributed by atoms with Gasteiger partial charge in [0.1, 0.15) is 22.2 Å². The lowest BCUT2D eigenvalue weighted by Gasteiger charge is -2.36. The molecule has 1 fully saturated rings. The average Bonchev–Trinajstić information content (AvgIpc) is 3.58. The number of nitrogens with one attached hydrogen (secondary N) is 1. The molecule has 2 aromatic rings. The quantitative estimate of drug-likeness (QED) is 0.464. The molecule has 194 valence electrons. The summed E-state index contributed by atoms with van der Waals surface area (Å²) < 4.78 is 29.2. The topological polar surface area (TPSA) is 91.6 Å². The van der Waals surface area contributed by atoms with Crippen molar-refractivity contribution < 1.29 is 23.5 Å². The smallest absolute Gasteiger partial charge is 0.274 e. The third kappa shape index (κ3) is 5.12. The molecule has 2 N–H and O–H groups in total. The lowest BCUT2D eigenvalue weighted by atomic mass is 9.97. The molecule has 0 bridgehead atoms. The molecule has 1 aromatic heterocycles. The zero-order valence-electron chi connectivity index (χ0n) is 20.4. The Labute approximate surface area is 213 Å². The van der Waals surface area contributed by atoms with Crippen LogP contribution in [0.3, 0.4) is 0 Å². The van der Waals surface area contributed by atoms with Crippen LogP contribution in [-0.4, -0.2) is 39.5 Å². The first-order valence-electron chi connectivity index (χ1n) is 12.2. The molecular formula is C26H30ClF2N3O4. The fourth-order valence-corrected chi connectivity index (χ4v) is 4.93. The van der Waals surface area contributed by atoms with E-state index in [-0.39, 0.29) is 29.4 Å². The Bertz CT molecular complexity index is 1260. The molecule has 0 radical (unpaired) electrons. The van der Waals surface area contributed by atoms with E-state index in [2.05, 4.69) is 12.2 Å². The highest BCUT2D eigenvalue weighted by Gasteiger charge is 2.38. The molecular weight excluding hydrogens is 492 g/mol. The van der Waals surface area contributed by atoms with E-state index in [1.165, 1.54) is 19.0 Å². The molecule has 1 aliphatic heterocycles. The maximum absolute atomic E-state index is 14.2. The Morgan fingerprint density at radius 2 is 2.00 bits per heavy atom. The summed E-state index contributed by atoms with van der Waals surface area (Å²) in [4.78, 5) is 40.5. The second-order valence-electron chi connectivity index (χ2n) is 10.1. The van der Waals surface area contributed by atoms with E-state index in [0.717, 1.165) is 37.8 Å². The number of carbonyl (C=O) groups excluding carboxylic acids is 2. The summed E-state index contributed by atoms with van der Waals surface area (Å²) in [6.07, 6.45) is 7.12. The number of halogens is 3. The van der Waals surface area contributed by atoms with Crippen LogP contribution >= 0.6 is 11.6 Å². The lowest BCUT2D eigenvalue weighted by molar-refractivity contribution is 0.0651. The number of carbonyl (C=O) groups is 2. The van der Waals surface area contributed by atoms with Crippen molar-refractivity contribution in [1.82, 2.24) is 14.8 Å². The third-order valence-corrected chi connectivity index (χ3v) is 7.59. The van der Waals surface area contributed by atoms with Gasteiger partial charge >= 0.3 is 0 Å². The average molecular weight is 522 g/mol. The first kappa shape index (κ1) is 26.1. The molecule has 0 saturated heterocycles. The second kappa shape index (κ2) is 10.2. The van der Waals surface area contributed by atoms with Gasteiger partial charge in [0.2, 0.25) is 5.43 Å². The molecule has 7 nitrogen and oxygen atoms in total. The van der Waals surface area contributed by atoms with Crippen LogP contribution < -0.4 is 10.7 Å². The third-order valence-electron chi connectivity index (χ3n) is 7.24. The predicted molar refractivity (Wildman–Crippen MR) is 131 cm³/mol. The van der Waals surface area contributed by atoms with Gasteiger partial charge in [0.05, 0.1) is 6.04 Å². The van der Waals surface area contributed by atoms with Crippen LogP contribution in [-0.2, 0) is 6.54 Å². The number of aromatic hydroxyl groups is 1. The summed E-state index contributed by atoms with van der Waals surface area (Å²) >= 11 is 5.59. The van der Waals surface area contributed by atoms with Gasteiger partial charge in [0, 0.05) is 31.4 Å². The first-order valence-corrected chi connectivity index (χ1v) is 12.6. The second-order valence-corrected chi connectivity index (χ2v) is 10.5. The summed E-state index contributed by atoms with van der Waals surface area (Å²) in [6, 6.07) is 1.91. The number of amides is 2. The highest BCUT2D eigenvalue weighted by Crippen LogP contribution is 2.49. The van der Waals surface area contributed by atoms with Crippen molar-refractivity contribution in [2.24, 2.45) is 5.41 Å². The van der Waals surface area contributed by atoms with Crippen molar-refractivity contribution >= 4 is 23.4 Å². The molecule has 4 rings (SSSR count). The van der Waals surface area contributed by atoms with Crippen molar-refractivity contribution in [3.8, 4) is 5.75 Å². The lowest BCUT2D eigenvalue weighted by Crippen LogP contribution is -2.45. The zero-order chi connectivity index (χ0) is 26.2. The molecule has 1 atom stereocenters. The Balaban J connectivity index is 1.62. The van der Waals surface area contributed by atoms with Gasteiger partial charge in [-0.3, -0.25) is 14.4 Å². The van der Waals surface area contributed by atoms with Crippen LogP contribution in [0.2, 0.25) is 5.02 Å². The highest BCUT2D eigenvalue weighted by molar-refractivity contribution is 6.30. The monoisotopic (exact) mass is 521 g/mol. The molecule has 10 heteroatoms. The molecule has 2 heterocycles. The number of pyridine rings is 1. The van der Waals surface area contributed by atoms with Gasteiger partial charge in [-0.1, -0.05) is 37.9 Å². The van der Waals surface area contributed by atoms with E-state index < -0.39 is 39.6 Å². The van der Waals surface area contributed by atoms with Gasteiger partial charge < -0.3 is 19.9 Å². The Hall–Kier alpha value is -2.94. The van der Waals surface area contributed by atoms with E-state index in [4.69, 9.17) is 11.6 Å².